The van der Waals surface area contributed by atoms with Crippen molar-refractivity contribution < 1.29 is 5.11 Å². The zero-order chi connectivity index (χ0) is 13.3. The van der Waals surface area contributed by atoms with E-state index in [-0.39, 0.29) is 5.84 Å². The SMILES string of the molecule is CC1(O)CCN(c2cccc(Br)c2C(=N)N)CC1. The van der Waals surface area contributed by atoms with Crippen LogP contribution in [0.25, 0.3) is 0 Å². The number of benzene rings is 1. The number of rotatable bonds is 2. The molecule has 0 radical (unpaired) electrons. The summed E-state index contributed by atoms with van der Waals surface area (Å²) in [6, 6.07) is 5.81. The van der Waals surface area contributed by atoms with Crippen molar-refractivity contribution in [2.24, 2.45) is 5.73 Å². The van der Waals surface area contributed by atoms with E-state index >= 15 is 0 Å². The Morgan fingerprint density at radius 3 is 2.61 bits per heavy atom. The van der Waals surface area contributed by atoms with Crippen LogP contribution in [0.15, 0.2) is 22.7 Å². The van der Waals surface area contributed by atoms with Crippen LogP contribution < -0.4 is 10.6 Å². The first-order chi connectivity index (χ1) is 8.41. The van der Waals surface area contributed by atoms with Crippen LogP contribution in [0, 0.1) is 5.41 Å². The first-order valence-corrected chi connectivity index (χ1v) is 6.80. The minimum Gasteiger partial charge on any atom is -0.390 e. The third-order valence-electron chi connectivity index (χ3n) is 3.44. The van der Waals surface area contributed by atoms with Gasteiger partial charge in [0.1, 0.15) is 5.84 Å². The summed E-state index contributed by atoms with van der Waals surface area (Å²) in [4.78, 5) is 2.18. The van der Waals surface area contributed by atoms with E-state index in [9.17, 15) is 5.11 Å². The third-order valence-corrected chi connectivity index (χ3v) is 4.10. The number of hydrogen-bond donors (Lipinski definition) is 3. The van der Waals surface area contributed by atoms with Gasteiger partial charge in [-0.2, -0.15) is 0 Å². The maximum Gasteiger partial charge on any atom is 0.126 e. The predicted octanol–water partition coefficient (Wildman–Crippen LogP) is 2.08. The molecule has 18 heavy (non-hydrogen) atoms. The molecule has 2 rings (SSSR count). The summed E-state index contributed by atoms with van der Waals surface area (Å²) in [5.41, 5.74) is 6.78. The Kier molecular flexibility index (Phi) is 3.64. The van der Waals surface area contributed by atoms with E-state index in [0.717, 1.165) is 41.7 Å². The summed E-state index contributed by atoms with van der Waals surface area (Å²) < 4.78 is 0.838. The van der Waals surface area contributed by atoms with Gasteiger partial charge in [0.2, 0.25) is 0 Å². The molecular formula is C13H18BrN3O. The summed E-state index contributed by atoms with van der Waals surface area (Å²) in [6.07, 6.45) is 1.47. The second-order valence-corrected chi connectivity index (χ2v) is 5.89. The van der Waals surface area contributed by atoms with Gasteiger partial charge in [0, 0.05) is 23.2 Å². The van der Waals surface area contributed by atoms with Gasteiger partial charge in [0.15, 0.2) is 0 Å². The van der Waals surface area contributed by atoms with Crippen molar-refractivity contribution in [3.63, 3.8) is 0 Å². The first-order valence-electron chi connectivity index (χ1n) is 6.01. The van der Waals surface area contributed by atoms with Crippen LogP contribution in [-0.2, 0) is 0 Å². The van der Waals surface area contributed by atoms with Crippen LogP contribution >= 0.6 is 15.9 Å². The monoisotopic (exact) mass is 311 g/mol. The highest BCUT2D eigenvalue weighted by Crippen LogP contribution is 2.31. The third kappa shape index (κ3) is 2.67. The van der Waals surface area contributed by atoms with Crippen LogP contribution in [-0.4, -0.2) is 29.6 Å². The van der Waals surface area contributed by atoms with Gasteiger partial charge in [0.05, 0.1) is 11.2 Å². The highest BCUT2D eigenvalue weighted by Gasteiger charge is 2.28. The van der Waals surface area contributed by atoms with Gasteiger partial charge in [-0.1, -0.05) is 6.07 Å². The van der Waals surface area contributed by atoms with Gasteiger partial charge in [-0.15, -0.1) is 0 Å². The van der Waals surface area contributed by atoms with Crippen molar-refractivity contribution in [2.45, 2.75) is 25.4 Å². The average molecular weight is 312 g/mol. The molecule has 0 aliphatic carbocycles. The van der Waals surface area contributed by atoms with E-state index in [1.54, 1.807) is 0 Å². The van der Waals surface area contributed by atoms with E-state index in [0.29, 0.717) is 0 Å². The molecule has 1 aliphatic heterocycles. The molecule has 5 heteroatoms. The lowest BCUT2D eigenvalue weighted by molar-refractivity contribution is 0.0351. The number of anilines is 1. The second-order valence-electron chi connectivity index (χ2n) is 5.03. The smallest absolute Gasteiger partial charge is 0.126 e. The fourth-order valence-electron chi connectivity index (χ4n) is 2.27. The molecule has 1 aromatic carbocycles. The van der Waals surface area contributed by atoms with Crippen molar-refractivity contribution >= 4 is 27.5 Å². The molecule has 4 N–H and O–H groups in total. The van der Waals surface area contributed by atoms with E-state index in [4.69, 9.17) is 11.1 Å². The zero-order valence-corrected chi connectivity index (χ0v) is 12.0. The molecule has 98 valence electrons. The van der Waals surface area contributed by atoms with Crippen LogP contribution in [0.2, 0.25) is 0 Å². The van der Waals surface area contributed by atoms with Crippen molar-refractivity contribution in [3.8, 4) is 0 Å². The fraction of sp³-hybridized carbons (Fsp3) is 0.462. The zero-order valence-electron chi connectivity index (χ0n) is 10.4. The summed E-state index contributed by atoms with van der Waals surface area (Å²) in [6.45, 7) is 3.44. The number of halogens is 1. The number of nitrogens with zero attached hydrogens (tertiary/aromatic N) is 1. The van der Waals surface area contributed by atoms with Crippen LogP contribution in [0.4, 0.5) is 5.69 Å². The molecule has 4 nitrogen and oxygen atoms in total. The standard InChI is InChI=1S/C13H18BrN3O/c1-13(18)5-7-17(8-6-13)10-4-2-3-9(14)11(10)12(15)16/h2-4,18H,5-8H2,1H3,(H3,15,16). The number of nitrogen functional groups attached to an aromatic ring is 1. The Bertz CT molecular complexity index is 463. The molecule has 0 amide bonds. The molecule has 1 aliphatic rings. The van der Waals surface area contributed by atoms with E-state index in [1.165, 1.54) is 0 Å². The quantitative estimate of drug-likeness (QED) is 0.578. The highest BCUT2D eigenvalue weighted by molar-refractivity contribution is 9.10. The second kappa shape index (κ2) is 4.90. The minimum absolute atomic E-state index is 0.0646. The van der Waals surface area contributed by atoms with Crippen LogP contribution in [0.3, 0.4) is 0 Å². The predicted molar refractivity (Wildman–Crippen MR) is 77.2 cm³/mol. The first kappa shape index (κ1) is 13.4. The van der Waals surface area contributed by atoms with Crippen LogP contribution in [0.1, 0.15) is 25.3 Å². The van der Waals surface area contributed by atoms with Crippen molar-refractivity contribution in [1.82, 2.24) is 0 Å². The van der Waals surface area contributed by atoms with Crippen molar-refractivity contribution in [1.29, 1.82) is 5.41 Å². The van der Waals surface area contributed by atoms with Gasteiger partial charge in [-0.25, -0.2) is 0 Å². The molecular weight excluding hydrogens is 294 g/mol. The lowest BCUT2D eigenvalue weighted by Crippen LogP contribution is -2.43. The van der Waals surface area contributed by atoms with Gasteiger partial charge in [-0.3, -0.25) is 5.41 Å². The highest BCUT2D eigenvalue weighted by atomic mass is 79.9. The maximum absolute atomic E-state index is 9.97. The van der Waals surface area contributed by atoms with Crippen LogP contribution in [0.5, 0.6) is 0 Å². The van der Waals surface area contributed by atoms with Crippen molar-refractivity contribution in [3.05, 3.63) is 28.2 Å². The Morgan fingerprint density at radius 1 is 1.44 bits per heavy atom. The molecule has 0 saturated carbocycles. The number of hydrogen-bond acceptors (Lipinski definition) is 3. The van der Waals surface area contributed by atoms with E-state index in [1.807, 2.05) is 25.1 Å². The molecule has 1 aromatic rings. The molecule has 0 bridgehead atoms. The number of piperidine rings is 1. The molecule has 0 spiro atoms. The number of nitrogens with one attached hydrogen (secondary N) is 1. The molecule has 1 fully saturated rings. The maximum atomic E-state index is 9.97. The average Bonchev–Trinajstić information content (AvgIpc) is 2.28. The molecule has 0 unspecified atom stereocenters. The number of nitrogens with two attached hydrogens (primary N) is 1. The number of aliphatic hydroxyl groups is 1. The molecule has 0 atom stereocenters. The van der Waals surface area contributed by atoms with E-state index in [2.05, 4.69) is 20.8 Å². The molecule has 1 heterocycles. The summed E-state index contributed by atoms with van der Waals surface area (Å²) in [7, 11) is 0. The lowest BCUT2D eigenvalue weighted by atomic mass is 9.93. The van der Waals surface area contributed by atoms with E-state index < -0.39 is 5.60 Å². The van der Waals surface area contributed by atoms with Crippen molar-refractivity contribution in [2.75, 3.05) is 18.0 Å². The number of amidine groups is 1. The summed E-state index contributed by atoms with van der Waals surface area (Å²) >= 11 is 3.44. The van der Waals surface area contributed by atoms with Gasteiger partial charge < -0.3 is 15.7 Å². The fourth-order valence-corrected chi connectivity index (χ4v) is 2.84. The normalized spacial score (nSPS) is 18.7. The largest absolute Gasteiger partial charge is 0.390 e. The Hall–Kier alpha value is -1.07. The minimum atomic E-state index is -0.571. The summed E-state index contributed by atoms with van der Waals surface area (Å²) in [5.74, 6) is 0.0646. The van der Waals surface area contributed by atoms with Gasteiger partial charge >= 0.3 is 0 Å². The van der Waals surface area contributed by atoms with Gasteiger partial charge in [-0.05, 0) is 47.8 Å². The Labute approximate surface area is 115 Å². The topological polar surface area (TPSA) is 73.3 Å². The Morgan fingerprint density at radius 2 is 2.06 bits per heavy atom. The lowest BCUT2D eigenvalue weighted by Gasteiger charge is -2.38. The molecule has 1 saturated heterocycles. The van der Waals surface area contributed by atoms with Gasteiger partial charge in [0.25, 0.3) is 0 Å². The Balaban J connectivity index is 2.30. The molecule has 0 aromatic heterocycles. The summed E-state index contributed by atoms with van der Waals surface area (Å²) in [5, 5.41) is 17.7.